The molecule has 4 rings (SSSR count). The molecule has 200 valence electrons. The first kappa shape index (κ1) is 27.2. The van der Waals surface area contributed by atoms with Crippen molar-refractivity contribution in [2.24, 2.45) is 0 Å². The SMILES string of the molecule is COc1ccc(CN(C[C@H](O)CNC(=O)c2ccc(CC(=O)O)cc2)C2Cc3ccccc3C2)c(OC)c1. The number of nitrogens with zero attached hydrogens (tertiary/aromatic N) is 1. The van der Waals surface area contributed by atoms with Gasteiger partial charge in [0.2, 0.25) is 0 Å². The average molecular weight is 519 g/mol. The van der Waals surface area contributed by atoms with Crippen molar-refractivity contribution in [1.82, 2.24) is 10.2 Å². The fraction of sp³-hybridized carbons (Fsp3) is 0.333. The Morgan fingerprint density at radius 1 is 1.00 bits per heavy atom. The number of carboxylic acid groups (broad SMARTS) is 1. The second-order valence-electron chi connectivity index (χ2n) is 9.57. The third kappa shape index (κ3) is 6.90. The largest absolute Gasteiger partial charge is 0.497 e. The number of hydrogen-bond donors (Lipinski definition) is 3. The lowest BCUT2D eigenvalue weighted by Gasteiger charge is -2.31. The standard InChI is InChI=1S/C30H34N2O6/c1-37-27-12-11-24(28(16-27)38-2)18-32(25-14-22-5-3-4-6-23(22)15-25)19-26(33)17-31-30(36)21-9-7-20(8-10-21)13-29(34)35/h3-12,16,25-26,33H,13-15,17-19H2,1-2H3,(H,31,36)(H,34,35)/t26-/m1/s1. The summed E-state index contributed by atoms with van der Waals surface area (Å²) in [5, 5.41) is 22.7. The quantitative estimate of drug-likeness (QED) is 0.338. The summed E-state index contributed by atoms with van der Waals surface area (Å²) in [6.45, 7) is 1.03. The number of fused-ring (bicyclic) bond motifs is 1. The molecule has 0 aliphatic heterocycles. The monoisotopic (exact) mass is 518 g/mol. The van der Waals surface area contributed by atoms with E-state index in [9.17, 15) is 14.7 Å². The van der Waals surface area contributed by atoms with E-state index in [-0.39, 0.29) is 24.9 Å². The van der Waals surface area contributed by atoms with E-state index in [2.05, 4.69) is 34.5 Å². The van der Waals surface area contributed by atoms with Crippen LogP contribution < -0.4 is 14.8 Å². The maximum atomic E-state index is 12.6. The lowest BCUT2D eigenvalue weighted by Crippen LogP contribution is -2.44. The lowest BCUT2D eigenvalue weighted by atomic mass is 10.1. The summed E-state index contributed by atoms with van der Waals surface area (Å²) in [7, 11) is 3.25. The van der Waals surface area contributed by atoms with E-state index < -0.39 is 12.1 Å². The van der Waals surface area contributed by atoms with Gasteiger partial charge in [0.05, 0.1) is 26.7 Å². The van der Waals surface area contributed by atoms with Crippen LogP contribution in [-0.4, -0.2) is 66.4 Å². The molecule has 0 saturated heterocycles. The number of carboxylic acids is 1. The molecule has 3 N–H and O–H groups in total. The van der Waals surface area contributed by atoms with E-state index in [1.165, 1.54) is 11.1 Å². The third-order valence-corrected chi connectivity index (χ3v) is 6.93. The number of methoxy groups -OCH3 is 2. The van der Waals surface area contributed by atoms with Crippen molar-refractivity contribution >= 4 is 11.9 Å². The molecule has 0 spiro atoms. The van der Waals surface area contributed by atoms with Gasteiger partial charge in [-0.1, -0.05) is 42.5 Å². The molecule has 0 bridgehead atoms. The third-order valence-electron chi connectivity index (χ3n) is 6.93. The normalized spacial score (nSPS) is 13.7. The number of aliphatic hydroxyl groups is 1. The van der Waals surface area contributed by atoms with Gasteiger partial charge in [-0.15, -0.1) is 0 Å². The molecule has 0 saturated carbocycles. The van der Waals surface area contributed by atoms with Crippen molar-refractivity contribution in [2.45, 2.75) is 38.0 Å². The molecular weight excluding hydrogens is 484 g/mol. The number of amides is 1. The number of aliphatic carboxylic acids is 1. The van der Waals surface area contributed by atoms with Crippen molar-refractivity contribution in [3.05, 3.63) is 94.5 Å². The zero-order valence-electron chi connectivity index (χ0n) is 21.7. The molecule has 1 aliphatic rings. The maximum absolute atomic E-state index is 12.6. The Kier molecular flexibility index (Phi) is 8.99. The Hall–Kier alpha value is -3.88. The Balaban J connectivity index is 1.43. The predicted octanol–water partition coefficient (Wildman–Crippen LogP) is 3.09. The highest BCUT2D eigenvalue weighted by molar-refractivity contribution is 5.94. The Morgan fingerprint density at radius 3 is 2.29 bits per heavy atom. The van der Waals surface area contributed by atoms with Crippen LogP contribution in [0.15, 0.2) is 66.7 Å². The van der Waals surface area contributed by atoms with Crippen LogP contribution in [0.2, 0.25) is 0 Å². The molecule has 3 aromatic carbocycles. The fourth-order valence-electron chi connectivity index (χ4n) is 4.93. The summed E-state index contributed by atoms with van der Waals surface area (Å²) < 4.78 is 11.0. The van der Waals surface area contributed by atoms with E-state index in [1.54, 1.807) is 38.5 Å². The van der Waals surface area contributed by atoms with E-state index in [1.807, 2.05) is 18.2 Å². The summed E-state index contributed by atoms with van der Waals surface area (Å²) in [5.74, 6) is 0.193. The van der Waals surface area contributed by atoms with Gasteiger partial charge >= 0.3 is 5.97 Å². The Labute approximate surface area is 222 Å². The highest BCUT2D eigenvalue weighted by Crippen LogP contribution is 2.30. The van der Waals surface area contributed by atoms with Gasteiger partial charge in [0.15, 0.2) is 0 Å². The average Bonchev–Trinajstić information content (AvgIpc) is 3.36. The van der Waals surface area contributed by atoms with Gasteiger partial charge in [0.25, 0.3) is 5.91 Å². The lowest BCUT2D eigenvalue weighted by molar-refractivity contribution is -0.136. The van der Waals surface area contributed by atoms with Gasteiger partial charge in [-0.3, -0.25) is 14.5 Å². The molecular formula is C30H34N2O6. The summed E-state index contributed by atoms with van der Waals surface area (Å²) >= 11 is 0. The van der Waals surface area contributed by atoms with Crippen molar-refractivity contribution in [3.63, 3.8) is 0 Å². The van der Waals surface area contributed by atoms with Crippen LogP contribution in [0.5, 0.6) is 11.5 Å². The smallest absolute Gasteiger partial charge is 0.307 e. The van der Waals surface area contributed by atoms with Crippen LogP contribution in [-0.2, 0) is 30.6 Å². The van der Waals surface area contributed by atoms with E-state index in [4.69, 9.17) is 14.6 Å². The molecule has 8 heteroatoms. The number of nitrogens with one attached hydrogen (secondary N) is 1. The summed E-state index contributed by atoms with van der Waals surface area (Å²) in [6.07, 6.45) is 0.881. The molecule has 1 atom stereocenters. The number of carbonyl (C=O) groups is 2. The molecule has 8 nitrogen and oxygen atoms in total. The van der Waals surface area contributed by atoms with Crippen LogP contribution in [0.1, 0.15) is 32.6 Å². The van der Waals surface area contributed by atoms with Crippen LogP contribution in [0.3, 0.4) is 0 Å². The zero-order chi connectivity index (χ0) is 27.1. The van der Waals surface area contributed by atoms with Crippen molar-refractivity contribution in [3.8, 4) is 11.5 Å². The predicted molar refractivity (Wildman–Crippen MR) is 144 cm³/mol. The molecule has 0 radical (unpaired) electrons. The minimum absolute atomic E-state index is 0.0889. The van der Waals surface area contributed by atoms with E-state index in [0.717, 1.165) is 24.2 Å². The molecule has 38 heavy (non-hydrogen) atoms. The zero-order valence-corrected chi connectivity index (χ0v) is 21.7. The Bertz CT molecular complexity index is 1230. The van der Waals surface area contributed by atoms with Crippen LogP contribution in [0.25, 0.3) is 0 Å². The number of aliphatic hydroxyl groups excluding tert-OH is 1. The topological polar surface area (TPSA) is 108 Å². The van der Waals surface area contributed by atoms with Crippen LogP contribution in [0, 0.1) is 0 Å². The van der Waals surface area contributed by atoms with Gasteiger partial charge in [-0.2, -0.15) is 0 Å². The first-order valence-electron chi connectivity index (χ1n) is 12.6. The molecule has 0 aromatic heterocycles. The maximum Gasteiger partial charge on any atom is 0.307 e. The number of benzene rings is 3. The minimum Gasteiger partial charge on any atom is -0.497 e. The highest BCUT2D eigenvalue weighted by atomic mass is 16.5. The Morgan fingerprint density at radius 2 is 1.68 bits per heavy atom. The first-order valence-corrected chi connectivity index (χ1v) is 12.6. The molecule has 0 fully saturated rings. The molecule has 0 unspecified atom stereocenters. The summed E-state index contributed by atoms with van der Waals surface area (Å²) in [6, 6.07) is 20.8. The number of hydrogen-bond acceptors (Lipinski definition) is 6. The van der Waals surface area contributed by atoms with Gasteiger partial charge in [-0.05, 0) is 47.7 Å². The summed E-state index contributed by atoms with van der Waals surface area (Å²) in [5.41, 5.74) is 4.66. The van der Waals surface area contributed by atoms with Crippen molar-refractivity contribution in [1.29, 1.82) is 0 Å². The number of ether oxygens (including phenoxy) is 2. The van der Waals surface area contributed by atoms with Gasteiger partial charge < -0.3 is 25.0 Å². The summed E-state index contributed by atoms with van der Waals surface area (Å²) in [4.78, 5) is 25.7. The number of rotatable bonds is 12. The highest BCUT2D eigenvalue weighted by Gasteiger charge is 2.29. The van der Waals surface area contributed by atoms with Crippen LogP contribution >= 0.6 is 0 Å². The first-order chi connectivity index (χ1) is 18.4. The minimum atomic E-state index is -0.924. The fourth-order valence-corrected chi connectivity index (χ4v) is 4.93. The van der Waals surface area contributed by atoms with Crippen LogP contribution in [0.4, 0.5) is 0 Å². The molecule has 1 amide bonds. The second-order valence-corrected chi connectivity index (χ2v) is 9.57. The van der Waals surface area contributed by atoms with Crippen molar-refractivity contribution < 1.29 is 29.3 Å². The van der Waals surface area contributed by atoms with Gasteiger partial charge in [0, 0.05) is 42.9 Å². The van der Waals surface area contributed by atoms with E-state index in [0.29, 0.717) is 30.0 Å². The van der Waals surface area contributed by atoms with Gasteiger partial charge in [0.1, 0.15) is 11.5 Å². The molecule has 0 heterocycles. The second kappa shape index (κ2) is 12.6. The van der Waals surface area contributed by atoms with E-state index >= 15 is 0 Å². The molecule has 1 aliphatic carbocycles. The number of carbonyl (C=O) groups excluding carboxylic acids is 1. The van der Waals surface area contributed by atoms with Crippen molar-refractivity contribution in [2.75, 3.05) is 27.3 Å². The van der Waals surface area contributed by atoms with Gasteiger partial charge in [-0.25, -0.2) is 0 Å². The molecule has 3 aromatic rings.